The van der Waals surface area contributed by atoms with Crippen molar-refractivity contribution in [2.24, 2.45) is 0 Å². The third-order valence-electron chi connectivity index (χ3n) is 5.73. The maximum absolute atomic E-state index is 13.0. The maximum Gasteiger partial charge on any atom is 0.261 e. The van der Waals surface area contributed by atoms with Gasteiger partial charge in [0.15, 0.2) is 5.82 Å². The maximum atomic E-state index is 13.0. The van der Waals surface area contributed by atoms with Crippen molar-refractivity contribution in [3.8, 4) is 11.6 Å². The summed E-state index contributed by atoms with van der Waals surface area (Å²) in [7, 11) is 1.48. The van der Waals surface area contributed by atoms with Crippen molar-refractivity contribution < 1.29 is 19.1 Å². The summed E-state index contributed by atoms with van der Waals surface area (Å²) in [6, 6.07) is 17.2. The van der Waals surface area contributed by atoms with Crippen LogP contribution in [0.3, 0.4) is 0 Å². The van der Waals surface area contributed by atoms with Crippen LogP contribution in [0.5, 0.6) is 5.75 Å². The van der Waals surface area contributed by atoms with E-state index in [1.165, 1.54) is 12.0 Å². The Labute approximate surface area is 201 Å². The summed E-state index contributed by atoms with van der Waals surface area (Å²) in [6.07, 6.45) is 5.11. The molecular weight excluding hydrogens is 446 g/mol. The predicted octanol–water partition coefficient (Wildman–Crippen LogP) is 3.00. The minimum Gasteiger partial charge on any atom is -0.496 e. The molecule has 0 saturated heterocycles. The molecule has 1 aliphatic rings. The zero-order chi connectivity index (χ0) is 24.4. The number of methoxy groups -OCH3 is 1. The minimum absolute atomic E-state index is 0.0498. The first-order valence-electron chi connectivity index (χ1n) is 10.9. The van der Waals surface area contributed by atoms with Gasteiger partial charge in [-0.3, -0.25) is 19.3 Å². The second-order valence-corrected chi connectivity index (χ2v) is 7.93. The van der Waals surface area contributed by atoms with Gasteiger partial charge in [0, 0.05) is 25.1 Å². The molecule has 174 valence electrons. The summed E-state index contributed by atoms with van der Waals surface area (Å²) >= 11 is 0. The lowest BCUT2D eigenvalue weighted by Crippen LogP contribution is -2.29. The standard InChI is InChI=1S/C26H21N5O4/c1-35-22-8-7-18(16-30-25(33)19-5-2-3-6-20(19)26(30)34)13-21(22)24(32)28-15-17-9-11-27-23(14-17)31-12-4-10-29-31/h2-14H,15-16H2,1H3,(H,28,32). The molecule has 0 spiro atoms. The van der Waals surface area contributed by atoms with Gasteiger partial charge in [0.1, 0.15) is 5.75 Å². The van der Waals surface area contributed by atoms with Crippen LogP contribution in [0, 0.1) is 0 Å². The normalized spacial score (nSPS) is 12.5. The van der Waals surface area contributed by atoms with Crippen molar-refractivity contribution in [1.82, 2.24) is 25.0 Å². The van der Waals surface area contributed by atoms with Crippen molar-refractivity contribution in [2.45, 2.75) is 13.1 Å². The molecule has 0 fully saturated rings. The van der Waals surface area contributed by atoms with Crippen LogP contribution >= 0.6 is 0 Å². The molecule has 3 heterocycles. The molecule has 2 aromatic carbocycles. The quantitative estimate of drug-likeness (QED) is 0.419. The van der Waals surface area contributed by atoms with Gasteiger partial charge in [0.25, 0.3) is 17.7 Å². The van der Waals surface area contributed by atoms with Crippen molar-refractivity contribution >= 4 is 17.7 Å². The number of fused-ring (bicyclic) bond motifs is 1. The number of carbonyl (C=O) groups is 3. The summed E-state index contributed by atoms with van der Waals surface area (Å²) in [5, 5.41) is 7.06. The molecule has 2 aromatic heterocycles. The predicted molar refractivity (Wildman–Crippen MR) is 126 cm³/mol. The van der Waals surface area contributed by atoms with Crippen molar-refractivity contribution in [3.05, 3.63) is 107 Å². The zero-order valence-corrected chi connectivity index (χ0v) is 18.8. The first-order chi connectivity index (χ1) is 17.0. The van der Waals surface area contributed by atoms with Crippen LogP contribution in [0.1, 0.15) is 42.2 Å². The molecule has 0 bridgehead atoms. The topological polar surface area (TPSA) is 106 Å². The van der Waals surface area contributed by atoms with Gasteiger partial charge in [-0.2, -0.15) is 5.10 Å². The van der Waals surface area contributed by atoms with Gasteiger partial charge in [-0.1, -0.05) is 18.2 Å². The summed E-state index contributed by atoms with van der Waals surface area (Å²) in [5.74, 6) is -0.0115. The number of nitrogens with zero attached hydrogens (tertiary/aromatic N) is 4. The zero-order valence-electron chi connectivity index (χ0n) is 18.8. The van der Waals surface area contributed by atoms with Crippen LogP contribution in [0.4, 0.5) is 0 Å². The fraction of sp³-hybridized carbons (Fsp3) is 0.115. The van der Waals surface area contributed by atoms with Crippen LogP contribution in [0.15, 0.2) is 79.3 Å². The first kappa shape index (κ1) is 22.0. The van der Waals surface area contributed by atoms with E-state index < -0.39 is 0 Å². The molecule has 0 saturated carbocycles. The average molecular weight is 467 g/mol. The highest BCUT2D eigenvalue weighted by Crippen LogP contribution is 2.26. The number of imide groups is 1. The SMILES string of the molecule is COc1ccc(CN2C(=O)c3ccccc3C2=O)cc1C(=O)NCc1ccnc(-n2cccn2)c1. The number of hydrogen-bond donors (Lipinski definition) is 1. The van der Waals surface area contributed by atoms with Gasteiger partial charge in [0.05, 0.1) is 30.3 Å². The highest BCUT2D eigenvalue weighted by molar-refractivity contribution is 6.21. The molecule has 5 rings (SSSR count). The number of hydrogen-bond acceptors (Lipinski definition) is 6. The van der Waals surface area contributed by atoms with E-state index in [1.54, 1.807) is 71.8 Å². The van der Waals surface area contributed by atoms with Crippen LogP contribution in [-0.4, -0.2) is 44.5 Å². The highest BCUT2D eigenvalue weighted by Gasteiger charge is 2.35. The molecule has 3 amide bonds. The lowest BCUT2D eigenvalue weighted by Gasteiger charge is -2.16. The van der Waals surface area contributed by atoms with E-state index in [4.69, 9.17) is 4.74 Å². The second kappa shape index (κ2) is 9.22. The van der Waals surface area contributed by atoms with E-state index in [9.17, 15) is 14.4 Å². The Bertz CT molecular complexity index is 1400. The number of amides is 3. The van der Waals surface area contributed by atoms with E-state index >= 15 is 0 Å². The van der Waals surface area contributed by atoms with Crippen LogP contribution in [0.25, 0.3) is 5.82 Å². The molecule has 9 heteroatoms. The molecule has 9 nitrogen and oxygen atoms in total. The van der Waals surface area contributed by atoms with Gasteiger partial charge in [-0.15, -0.1) is 0 Å². The van der Waals surface area contributed by atoms with Crippen molar-refractivity contribution in [3.63, 3.8) is 0 Å². The first-order valence-corrected chi connectivity index (χ1v) is 10.9. The molecule has 35 heavy (non-hydrogen) atoms. The van der Waals surface area contributed by atoms with E-state index in [-0.39, 0.29) is 30.8 Å². The van der Waals surface area contributed by atoms with Gasteiger partial charge >= 0.3 is 0 Å². The van der Waals surface area contributed by atoms with E-state index in [0.29, 0.717) is 33.8 Å². The number of ether oxygens (including phenoxy) is 1. The largest absolute Gasteiger partial charge is 0.496 e. The van der Waals surface area contributed by atoms with Crippen molar-refractivity contribution in [2.75, 3.05) is 7.11 Å². The Morgan fingerprint density at radius 1 is 0.943 bits per heavy atom. The molecule has 1 aliphatic heterocycles. The molecular formula is C26H21N5O4. The van der Waals surface area contributed by atoms with Gasteiger partial charge < -0.3 is 10.1 Å². The third-order valence-corrected chi connectivity index (χ3v) is 5.73. The average Bonchev–Trinajstić information content (AvgIpc) is 3.52. The number of nitrogens with one attached hydrogen (secondary N) is 1. The number of rotatable bonds is 7. The highest BCUT2D eigenvalue weighted by atomic mass is 16.5. The monoisotopic (exact) mass is 467 g/mol. The lowest BCUT2D eigenvalue weighted by molar-refractivity contribution is 0.0642. The number of carbonyl (C=O) groups excluding carboxylic acids is 3. The Morgan fingerprint density at radius 2 is 1.71 bits per heavy atom. The van der Waals surface area contributed by atoms with Crippen LogP contribution in [0.2, 0.25) is 0 Å². The minimum atomic E-state index is -0.349. The van der Waals surface area contributed by atoms with Crippen LogP contribution < -0.4 is 10.1 Å². The van der Waals surface area contributed by atoms with E-state index in [2.05, 4.69) is 15.4 Å². The molecule has 1 N–H and O–H groups in total. The van der Waals surface area contributed by atoms with Crippen LogP contribution in [-0.2, 0) is 13.1 Å². The Balaban J connectivity index is 1.32. The van der Waals surface area contributed by atoms with Gasteiger partial charge in [0.2, 0.25) is 0 Å². The number of benzene rings is 2. The molecule has 0 atom stereocenters. The Kier molecular flexibility index (Phi) is 5.80. The molecule has 0 radical (unpaired) electrons. The third kappa shape index (κ3) is 4.26. The van der Waals surface area contributed by atoms with Crippen molar-refractivity contribution in [1.29, 1.82) is 0 Å². The summed E-state index contributed by atoms with van der Waals surface area (Å²) in [4.78, 5) is 43.9. The Morgan fingerprint density at radius 3 is 2.40 bits per heavy atom. The smallest absolute Gasteiger partial charge is 0.261 e. The fourth-order valence-corrected chi connectivity index (χ4v) is 3.97. The molecule has 0 unspecified atom stereocenters. The fourth-order valence-electron chi connectivity index (χ4n) is 3.97. The summed E-state index contributed by atoms with van der Waals surface area (Å²) in [6.45, 7) is 0.315. The summed E-state index contributed by atoms with van der Waals surface area (Å²) < 4.78 is 7.01. The van der Waals surface area contributed by atoms with Gasteiger partial charge in [-0.25, -0.2) is 9.67 Å². The van der Waals surface area contributed by atoms with E-state index in [1.807, 2.05) is 12.1 Å². The summed E-state index contributed by atoms with van der Waals surface area (Å²) in [5.41, 5.74) is 2.56. The lowest BCUT2D eigenvalue weighted by atomic mass is 10.1. The second-order valence-electron chi connectivity index (χ2n) is 7.93. The molecule has 4 aromatic rings. The van der Waals surface area contributed by atoms with Gasteiger partial charge in [-0.05, 0) is 53.6 Å². The van der Waals surface area contributed by atoms with E-state index in [0.717, 1.165) is 5.56 Å². The molecule has 0 aliphatic carbocycles. The number of aromatic nitrogens is 3. The Hall–Kier alpha value is -4.79. The number of pyridine rings is 1.